The Labute approximate surface area is 156 Å². The van der Waals surface area contributed by atoms with E-state index >= 15 is 0 Å². The number of hydrogen-bond acceptors (Lipinski definition) is 4. The largest absolute Gasteiger partial charge is 0.478 e. The number of carboxylic acids is 2. The number of hydrogen-bond donors (Lipinski definition) is 4. The van der Waals surface area contributed by atoms with Gasteiger partial charge < -0.3 is 21.7 Å². The first-order valence-corrected chi connectivity index (χ1v) is 8.81. The molecule has 0 aliphatic heterocycles. The Hall–Kier alpha value is -3.28. The van der Waals surface area contributed by atoms with Crippen molar-refractivity contribution < 1.29 is 19.8 Å². The van der Waals surface area contributed by atoms with E-state index < -0.39 is 11.9 Å². The number of aromatic carboxylic acids is 2. The number of nitrogens with two attached hydrogens (primary N) is 2. The zero-order valence-electron chi connectivity index (χ0n) is 14.5. The maximum absolute atomic E-state index is 11.9. The van der Waals surface area contributed by atoms with E-state index in [2.05, 4.69) is 12.2 Å². The van der Waals surface area contributed by atoms with E-state index in [1.165, 1.54) is 0 Å². The molecule has 4 rings (SSSR count). The molecule has 0 radical (unpaired) electrons. The summed E-state index contributed by atoms with van der Waals surface area (Å²) in [5, 5.41) is 19.4. The zero-order chi connectivity index (χ0) is 19.3. The standard InChI is InChI=1S/C21H20N2O4/c22-14-5-1-3-12(18(14)20(24)25)16-10-7-8-11(9-10)17(16)13-4-2-6-15(23)19(13)21(26)27/h1-8,10-11,16-17H,9,22-23H2,(H,24,25)(H,26,27). The van der Waals surface area contributed by atoms with Crippen molar-refractivity contribution in [3.8, 4) is 0 Å². The van der Waals surface area contributed by atoms with Crippen molar-refractivity contribution in [2.45, 2.75) is 18.3 Å². The van der Waals surface area contributed by atoms with Gasteiger partial charge in [0, 0.05) is 11.4 Å². The van der Waals surface area contributed by atoms with Gasteiger partial charge in [-0.3, -0.25) is 0 Å². The fourth-order valence-corrected chi connectivity index (χ4v) is 4.90. The number of rotatable bonds is 4. The first kappa shape index (κ1) is 17.1. The Morgan fingerprint density at radius 3 is 1.56 bits per heavy atom. The number of carbonyl (C=O) groups is 2. The average molecular weight is 364 g/mol. The number of allylic oxidation sites excluding steroid dienone is 2. The van der Waals surface area contributed by atoms with Gasteiger partial charge in [0.25, 0.3) is 0 Å². The van der Waals surface area contributed by atoms with Gasteiger partial charge in [0.05, 0.1) is 11.1 Å². The molecule has 6 heteroatoms. The second kappa shape index (κ2) is 6.16. The van der Waals surface area contributed by atoms with Crippen LogP contribution in [-0.4, -0.2) is 22.2 Å². The van der Waals surface area contributed by atoms with Crippen LogP contribution in [0.4, 0.5) is 11.4 Å². The van der Waals surface area contributed by atoms with Gasteiger partial charge in [-0.05, 0) is 53.4 Å². The second-order valence-electron chi connectivity index (χ2n) is 7.23. The lowest BCUT2D eigenvalue weighted by Gasteiger charge is -2.31. The highest BCUT2D eigenvalue weighted by Gasteiger charge is 2.48. The smallest absolute Gasteiger partial charge is 0.338 e. The number of fused-ring (bicyclic) bond motifs is 2. The van der Waals surface area contributed by atoms with Gasteiger partial charge in [-0.1, -0.05) is 36.4 Å². The topological polar surface area (TPSA) is 127 Å². The third kappa shape index (κ3) is 2.56. The third-order valence-electron chi connectivity index (χ3n) is 5.86. The molecule has 0 spiro atoms. The van der Waals surface area contributed by atoms with Crippen molar-refractivity contribution in [2.24, 2.45) is 11.8 Å². The molecule has 2 aromatic rings. The molecule has 0 amide bonds. The fraction of sp³-hybridized carbons (Fsp3) is 0.238. The third-order valence-corrected chi connectivity index (χ3v) is 5.86. The van der Waals surface area contributed by atoms with Crippen LogP contribution in [0, 0.1) is 11.8 Å². The van der Waals surface area contributed by atoms with Crippen LogP contribution in [-0.2, 0) is 0 Å². The second-order valence-corrected chi connectivity index (χ2v) is 7.23. The highest BCUT2D eigenvalue weighted by Crippen LogP contribution is 2.59. The van der Waals surface area contributed by atoms with Crippen LogP contribution in [0.2, 0.25) is 0 Å². The van der Waals surface area contributed by atoms with Crippen molar-refractivity contribution in [2.75, 3.05) is 11.5 Å². The summed E-state index contributed by atoms with van der Waals surface area (Å²) in [7, 11) is 0. The summed E-state index contributed by atoms with van der Waals surface area (Å²) in [6.07, 6.45) is 5.07. The van der Waals surface area contributed by atoms with Crippen LogP contribution >= 0.6 is 0 Å². The molecule has 2 aliphatic carbocycles. The Kier molecular flexibility index (Phi) is 3.91. The average Bonchev–Trinajstić information content (AvgIpc) is 3.21. The lowest BCUT2D eigenvalue weighted by Crippen LogP contribution is -2.22. The molecule has 0 heterocycles. The van der Waals surface area contributed by atoms with Gasteiger partial charge in [-0.25, -0.2) is 9.59 Å². The van der Waals surface area contributed by atoms with Gasteiger partial charge >= 0.3 is 11.9 Å². The van der Waals surface area contributed by atoms with Crippen LogP contribution in [0.3, 0.4) is 0 Å². The van der Waals surface area contributed by atoms with E-state index in [0.29, 0.717) is 11.1 Å². The number of benzene rings is 2. The van der Waals surface area contributed by atoms with Gasteiger partial charge in [-0.2, -0.15) is 0 Å². The Bertz CT molecular complexity index is 905. The van der Waals surface area contributed by atoms with Crippen molar-refractivity contribution in [3.05, 3.63) is 70.8 Å². The summed E-state index contributed by atoms with van der Waals surface area (Å²) in [5.41, 5.74) is 13.9. The minimum absolute atomic E-state index is 0.106. The molecule has 0 saturated heterocycles. The quantitative estimate of drug-likeness (QED) is 0.487. The van der Waals surface area contributed by atoms with Gasteiger partial charge in [0.1, 0.15) is 0 Å². The summed E-state index contributed by atoms with van der Waals surface area (Å²) in [5.74, 6) is -2.17. The Balaban J connectivity index is 1.92. The molecule has 2 aromatic carbocycles. The summed E-state index contributed by atoms with van der Waals surface area (Å²) in [6.45, 7) is 0. The molecule has 6 N–H and O–H groups in total. The van der Waals surface area contributed by atoms with Gasteiger partial charge in [0.2, 0.25) is 0 Å². The summed E-state index contributed by atoms with van der Waals surface area (Å²) in [6, 6.07) is 10.2. The van der Waals surface area contributed by atoms with E-state index in [-0.39, 0.29) is 46.2 Å². The summed E-state index contributed by atoms with van der Waals surface area (Å²) >= 11 is 0. The molecule has 4 atom stereocenters. The molecular weight excluding hydrogens is 344 g/mol. The lowest BCUT2D eigenvalue weighted by atomic mass is 9.72. The predicted octanol–water partition coefficient (Wildman–Crippen LogP) is 3.32. The van der Waals surface area contributed by atoms with E-state index in [1.54, 1.807) is 36.4 Å². The predicted molar refractivity (Wildman–Crippen MR) is 102 cm³/mol. The SMILES string of the molecule is Nc1cccc(C2C3C=CC(C3)C2c2cccc(N)c2C(=O)O)c1C(=O)O. The molecular formula is C21H20N2O4. The van der Waals surface area contributed by atoms with Gasteiger partial charge in [-0.15, -0.1) is 0 Å². The van der Waals surface area contributed by atoms with Crippen molar-refractivity contribution >= 4 is 23.3 Å². The molecule has 6 nitrogen and oxygen atoms in total. The van der Waals surface area contributed by atoms with Crippen molar-refractivity contribution in [1.82, 2.24) is 0 Å². The molecule has 27 heavy (non-hydrogen) atoms. The van der Waals surface area contributed by atoms with E-state index in [9.17, 15) is 19.8 Å². The van der Waals surface area contributed by atoms with E-state index in [1.807, 2.05) is 0 Å². The molecule has 1 saturated carbocycles. The molecule has 2 bridgehead atoms. The molecule has 1 fully saturated rings. The van der Waals surface area contributed by atoms with Crippen LogP contribution in [0.25, 0.3) is 0 Å². The number of nitrogen functional groups attached to an aromatic ring is 2. The highest BCUT2D eigenvalue weighted by molar-refractivity contribution is 5.97. The molecule has 2 aliphatic rings. The van der Waals surface area contributed by atoms with Crippen LogP contribution in [0.15, 0.2) is 48.6 Å². The monoisotopic (exact) mass is 364 g/mol. The van der Waals surface area contributed by atoms with Crippen LogP contribution in [0.1, 0.15) is 50.1 Å². The minimum atomic E-state index is -1.07. The minimum Gasteiger partial charge on any atom is -0.478 e. The normalized spacial score (nSPS) is 25.6. The van der Waals surface area contributed by atoms with Crippen molar-refractivity contribution in [3.63, 3.8) is 0 Å². The van der Waals surface area contributed by atoms with Crippen molar-refractivity contribution in [1.29, 1.82) is 0 Å². The van der Waals surface area contributed by atoms with E-state index in [0.717, 1.165) is 6.42 Å². The Morgan fingerprint density at radius 1 is 0.778 bits per heavy atom. The number of anilines is 2. The number of carboxylic acid groups (broad SMARTS) is 2. The molecule has 4 unspecified atom stereocenters. The lowest BCUT2D eigenvalue weighted by molar-refractivity contribution is 0.0683. The maximum Gasteiger partial charge on any atom is 0.338 e. The molecule has 138 valence electrons. The Morgan fingerprint density at radius 2 is 1.19 bits per heavy atom. The first-order valence-electron chi connectivity index (χ1n) is 8.81. The summed E-state index contributed by atoms with van der Waals surface area (Å²) < 4.78 is 0. The maximum atomic E-state index is 11.9. The highest BCUT2D eigenvalue weighted by atomic mass is 16.4. The first-order chi connectivity index (χ1) is 12.9. The fourth-order valence-electron chi connectivity index (χ4n) is 4.90. The summed E-state index contributed by atoms with van der Waals surface area (Å²) in [4.78, 5) is 23.7. The zero-order valence-corrected chi connectivity index (χ0v) is 14.5. The van der Waals surface area contributed by atoms with Gasteiger partial charge in [0.15, 0.2) is 0 Å². The van der Waals surface area contributed by atoms with Crippen LogP contribution < -0.4 is 11.5 Å². The molecule has 0 aromatic heterocycles. The van der Waals surface area contributed by atoms with Crippen LogP contribution in [0.5, 0.6) is 0 Å². The van der Waals surface area contributed by atoms with E-state index in [4.69, 9.17) is 11.5 Å².